The summed E-state index contributed by atoms with van der Waals surface area (Å²) >= 11 is 0. The molecule has 0 saturated heterocycles. The van der Waals surface area contributed by atoms with Crippen LogP contribution in [-0.2, 0) is 4.79 Å². The average Bonchev–Trinajstić information content (AvgIpc) is 2.70. The maximum atomic E-state index is 11.6. The summed E-state index contributed by atoms with van der Waals surface area (Å²) in [5.74, 6) is -1.45. The number of carboxylic acid groups (broad SMARTS) is 1. The Hall–Kier alpha value is -1.78. The Morgan fingerprint density at radius 1 is 1.60 bits per heavy atom. The molecule has 0 aliphatic rings. The second-order valence-electron chi connectivity index (χ2n) is 3.53. The maximum absolute atomic E-state index is 11.6. The first-order valence-electron chi connectivity index (χ1n) is 4.69. The molecule has 0 aromatic carbocycles. The van der Waals surface area contributed by atoms with Crippen LogP contribution in [0.1, 0.15) is 30.8 Å². The Morgan fingerprint density at radius 2 is 2.27 bits per heavy atom. The number of nitrogens with one attached hydrogen (secondary N) is 2. The van der Waals surface area contributed by atoms with Gasteiger partial charge in [0, 0.05) is 6.20 Å². The fourth-order valence-electron chi connectivity index (χ4n) is 1.08. The first kappa shape index (κ1) is 11.3. The summed E-state index contributed by atoms with van der Waals surface area (Å²) in [5, 5.41) is 11.4. The van der Waals surface area contributed by atoms with Gasteiger partial charge in [-0.1, -0.05) is 6.92 Å². The summed E-state index contributed by atoms with van der Waals surface area (Å²) in [4.78, 5) is 25.2. The van der Waals surface area contributed by atoms with E-state index in [2.05, 4.69) is 10.3 Å². The lowest BCUT2D eigenvalue weighted by atomic mass is 9.99. The Kier molecular flexibility index (Phi) is 3.14. The molecule has 82 valence electrons. The van der Waals surface area contributed by atoms with Gasteiger partial charge in [-0.15, -0.1) is 0 Å². The summed E-state index contributed by atoms with van der Waals surface area (Å²) in [6.07, 6.45) is 1.94. The van der Waals surface area contributed by atoms with Crippen LogP contribution < -0.4 is 5.32 Å². The Balaban J connectivity index is 2.77. The van der Waals surface area contributed by atoms with Crippen LogP contribution >= 0.6 is 0 Å². The number of amides is 1. The van der Waals surface area contributed by atoms with Crippen molar-refractivity contribution in [1.82, 2.24) is 10.3 Å². The predicted molar refractivity (Wildman–Crippen MR) is 54.6 cm³/mol. The van der Waals surface area contributed by atoms with E-state index in [9.17, 15) is 9.59 Å². The van der Waals surface area contributed by atoms with Crippen molar-refractivity contribution in [2.24, 2.45) is 0 Å². The third kappa shape index (κ3) is 2.37. The van der Waals surface area contributed by atoms with Gasteiger partial charge in [-0.3, -0.25) is 4.79 Å². The zero-order valence-corrected chi connectivity index (χ0v) is 8.70. The van der Waals surface area contributed by atoms with Gasteiger partial charge in [-0.25, -0.2) is 4.79 Å². The van der Waals surface area contributed by atoms with Gasteiger partial charge in [0.15, 0.2) is 0 Å². The number of aromatic nitrogens is 1. The molecule has 0 aliphatic heterocycles. The van der Waals surface area contributed by atoms with Gasteiger partial charge in [0.05, 0.1) is 0 Å². The molecule has 0 saturated carbocycles. The van der Waals surface area contributed by atoms with E-state index in [0.29, 0.717) is 12.1 Å². The van der Waals surface area contributed by atoms with E-state index in [1.807, 2.05) is 0 Å². The minimum Gasteiger partial charge on any atom is -0.480 e. The molecule has 3 N–H and O–H groups in total. The van der Waals surface area contributed by atoms with E-state index in [1.54, 1.807) is 25.3 Å². The summed E-state index contributed by atoms with van der Waals surface area (Å²) in [6, 6.07) is 3.27. The number of rotatable bonds is 4. The third-order valence-electron chi connectivity index (χ3n) is 2.41. The quantitative estimate of drug-likeness (QED) is 0.693. The van der Waals surface area contributed by atoms with Crippen LogP contribution in [0.5, 0.6) is 0 Å². The van der Waals surface area contributed by atoms with Crippen LogP contribution in [-0.4, -0.2) is 27.5 Å². The first-order chi connectivity index (χ1) is 6.99. The third-order valence-corrected chi connectivity index (χ3v) is 2.41. The molecule has 15 heavy (non-hydrogen) atoms. The van der Waals surface area contributed by atoms with Gasteiger partial charge in [0.2, 0.25) is 0 Å². The smallest absolute Gasteiger partial charge is 0.329 e. The summed E-state index contributed by atoms with van der Waals surface area (Å²) in [5.41, 5.74) is -0.863. The van der Waals surface area contributed by atoms with Gasteiger partial charge in [0.25, 0.3) is 5.91 Å². The molecule has 0 spiro atoms. The summed E-state index contributed by atoms with van der Waals surface area (Å²) < 4.78 is 0. The molecule has 1 rings (SSSR count). The van der Waals surface area contributed by atoms with Crippen LogP contribution in [0.4, 0.5) is 0 Å². The molecule has 0 aliphatic carbocycles. The summed E-state index contributed by atoms with van der Waals surface area (Å²) in [6.45, 7) is 3.19. The lowest BCUT2D eigenvalue weighted by molar-refractivity contribution is -0.143. The second-order valence-corrected chi connectivity index (χ2v) is 3.53. The highest BCUT2D eigenvalue weighted by atomic mass is 16.4. The molecule has 1 heterocycles. The molecule has 1 atom stereocenters. The number of hydrogen-bond acceptors (Lipinski definition) is 2. The fourth-order valence-corrected chi connectivity index (χ4v) is 1.08. The van der Waals surface area contributed by atoms with Gasteiger partial charge in [0.1, 0.15) is 11.2 Å². The Bertz CT molecular complexity index is 359. The number of carboxylic acids is 1. The molecule has 1 aromatic rings. The van der Waals surface area contributed by atoms with Crippen molar-refractivity contribution in [2.75, 3.05) is 0 Å². The molecule has 1 aromatic heterocycles. The van der Waals surface area contributed by atoms with Crippen LogP contribution in [0.3, 0.4) is 0 Å². The van der Waals surface area contributed by atoms with Crippen molar-refractivity contribution in [3.05, 3.63) is 24.0 Å². The van der Waals surface area contributed by atoms with Gasteiger partial charge in [-0.2, -0.15) is 0 Å². The van der Waals surface area contributed by atoms with E-state index >= 15 is 0 Å². The number of aliphatic carboxylic acids is 1. The molecule has 1 unspecified atom stereocenters. The molecule has 0 bridgehead atoms. The van der Waals surface area contributed by atoms with Crippen molar-refractivity contribution in [1.29, 1.82) is 0 Å². The minimum absolute atomic E-state index is 0.328. The highest BCUT2D eigenvalue weighted by molar-refractivity contribution is 5.96. The van der Waals surface area contributed by atoms with Crippen LogP contribution in [0, 0.1) is 0 Å². The van der Waals surface area contributed by atoms with Gasteiger partial charge >= 0.3 is 5.97 Å². The lowest BCUT2D eigenvalue weighted by Gasteiger charge is -2.24. The molecule has 0 fully saturated rings. The number of hydrogen-bond donors (Lipinski definition) is 3. The fraction of sp³-hybridized carbons (Fsp3) is 0.400. The Morgan fingerprint density at radius 3 is 2.67 bits per heavy atom. The number of H-pyrrole nitrogens is 1. The molecular formula is C10H14N2O3. The van der Waals surface area contributed by atoms with E-state index in [1.165, 1.54) is 6.92 Å². The zero-order chi connectivity index (χ0) is 11.5. The Labute approximate surface area is 87.5 Å². The van der Waals surface area contributed by atoms with E-state index in [0.717, 1.165) is 0 Å². The van der Waals surface area contributed by atoms with Crippen molar-refractivity contribution < 1.29 is 14.7 Å². The van der Waals surface area contributed by atoms with E-state index in [4.69, 9.17) is 5.11 Å². The van der Waals surface area contributed by atoms with Crippen molar-refractivity contribution in [2.45, 2.75) is 25.8 Å². The topological polar surface area (TPSA) is 82.2 Å². The molecule has 1 amide bonds. The molecule has 5 heteroatoms. The minimum atomic E-state index is -1.22. The predicted octanol–water partition coefficient (Wildman–Crippen LogP) is 0.998. The van der Waals surface area contributed by atoms with Crippen molar-refractivity contribution in [3.63, 3.8) is 0 Å². The summed E-state index contributed by atoms with van der Waals surface area (Å²) in [7, 11) is 0. The van der Waals surface area contributed by atoms with Crippen molar-refractivity contribution >= 4 is 11.9 Å². The SMILES string of the molecule is CCC(C)(NC(=O)c1ccc[nH]1)C(=O)O. The van der Waals surface area contributed by atoms with E-state index in [-0.39, 0.29) is 0 Å². The number of carbonyl (C=O) groups is 2. The van der Waals surface area contributed by atoms with Gasteiger partial charge < -0.3 is 15.4 Å². The molecule has 5 nitrogen and oxygen atoms in total. The van der Waals surface area contributed by atoms with Crippen LogP contribution in [0.15, 0.2) is 18.3 Å². The average molecular weight is 210 g/mol. The second kappa shape index (κ2) is 4.16. The van der Waals surface area contributed by atoms with Gasteiger partial charge in [-0.05, 0) is 25.5 Å². The molecule has 0 radical (unpaired) electrons. The van der Waals surface area contributed by atoms with Crippen molar-refractivity contribution in [3.8, 4) is 0 Å². The van der Waals surface area contributed by atoms with Crippen LogP contribution in [0.2, 0.25) is 0 Å². The standard InChI is InChI=1S/C10H14N2O3/c1-3-10(2,9(14)15)12-8(13)7-5-4-6-11-7/h4-6,11H,3H2,1-2H3,(H,12,13)(H,14,15). The van der Waals surface area contributed by atoms with Crippen LogP contribution in [0.25, 0.3) is 0 Å². The lowest BCUT2D eigenvalue weighted by Crippen LogP contribution is -2.51. The first-order valence-corrected chi connectivity index (χ1v) is 4.69. The highest BCUT2D eigenvalue weighted by Crippen LogP contribution is 2.10. The maximum Gasteiger partial charge on any atom is 0.329 e. The normalized spacial score (nSPS) is 14.3. The highest BCUT2D eigenvalue weighted by Gasteiger charge is 2.33. The zero-order valence-electron chi connectivity index (χ0n) is 8.70. The number of carbonyl (C=O) groups excluding carboxylic acids is 1. The number of aromatic amines is 1. The monoisotopic (exact) mass is 210 g/mol. The molecular weight excluding hydrogens is 196 g/mol. The largest absolute Gasteiger partial charge is 0.480 e. The van der Waals surface area contributed by atoms with E-state index < -0.39 is 17.4 Å².